The lowest BCUT2D eigenvalue weighted by atomic mass is 10.0. The summed E-state index contributed by atoms with van der Waals surface area (Å²) < 4.78 is 11.6. The van der Waals surface area contributed by atoms with Crippen LogP contribution < -0.4 is 9.47 Å². The largest absolute Gasteiger partial charge is 0.493 e. The predicted molar refractivity (Wildman–Crippen MR) is 129 cm³/mol. The molecule has 3 heterocycles. The standard InChI is InChI=1S/C25H26N2O4S2/c1-30-20-5-2-3-6-21(20)31-16-19-18-11-14-33-22(18)10-12-26(19)24(28)15-27(17-8-9-17)25(29)23-7-4-13-32-23/h2-7,11,13-14,17,19H,8-10,12,15-16H2,1H3. The van der Waals surface area contributed by atoms with E-state index in [0.29, 0.717) is 29.5 Å². The van der Waals surface area contributed by atoms with Crippen LogP contribution in [0.5, 0.6) is 11.5 Å². The Hall–Kier alpha value is -2.84. The molecule has 2 aromatic heterocycles. The van der Waals surface area contributed by atoms with Crippen molar-refractivity contribution in [3.8, 4) is 11.5 Å². The molecule has 2 aliphatic rings. The van der Waals surface area contributed by atoms with E-state index in [1.165, 1.54) is 16.2 Å². The molecule has 1 aliphatic carbocycles. The summed E-state index contributed by atoms with van der Waals surface area (Å²) in [6.07, 6.45) is 2.74. The Morgan fingerprint density at radius 3 is 2.61 bits per heavy atom. The van der Waals surface area contributed by atoms with Crippen LogP contribution in [-0.2, 0) is 11.2 Å². The molecule has 6 nitrogen and oxygen atoms in total. The minimum atomic E-state index is -0.199. The van der Waals surface area contributed by atoms with Crippen molar-refractivity contribution in [2.24, 2.45) is 0 Å². The third-order valence-corrected chi connectivity index (χ3v) is 8.02. The van der Waals surface area contributed by atoms with Gasteiger partial charge in [0.05, 0.1) is 18.0 Å². The fourth-order valence-corrected chi connectivity index (χ4v) is 5.92. The first kappa shape index (κ1) is 22.0. The van der Waals surface area contributed by atoms with E-state index < -0.39 is 0 Å². The topological polar surface area (TPSA) is 59.1 Å². The Balaban J connectivity index is 1.35. The number of para-hydroxylation sites is 2. The summed E-state index contributed by atoms with van der Waals surface area (Å²) in [7, 11) is 1.62. The Kier molecular flexibility index (Phi) is 6.37. The second-order valence-corrected chi connectivity index (χ2v) is 10.2. The minimum absolute atomic E-state index is 0.0303. The second kappa shape index (κ2) is 9.57. The SMILES string of the molecule is COc1ccccc1OCC1c2ccsc2CCN1C(=O)CN(C(=O)c1cccs1)C1CC1. The van der Waals surface area contributed by atoms with Gasteiger partial charge in [0.2, 0.25) is 5.91 Å². The van der Waals surface area contributed by atoms with Crippen molar-refractivity contribution in [1.29, 1.82) is 0 Å². The van der Waals surface area contributed by atoms with E-state index in [4.69, 9.17) is 9.47 Å². The lowest BCUT2D eigenvalue weighted by Crippen LogP contribution is -2.48. The van der Waals surface area contributed by atoms with Gasteiger partial charge in [-0.3, -0.25) is 9.59 Å². The molecule has 5 rings (SSSR count). The molecule has 1 atom stereocenters. The van der Waals surface area contributed by atoms with Gasteiger partial charge in [-0.15, -0.1) is 22.7 Å². The summed E-state index contributed by atoms with van der Waals surface area (Å²) in [6, 6.07) is 13.3. The zero-order chi connectivity index (χ0) is 22.8. The number of methoxy groups -OCH3 is 1. The van der Waals surface area contributed by atoms with Gasteiger partial charge < -0.3 is 19.3 Å². The van der Waals surface area contributed by atoms with Gasteiger partial charge in [0, 0.05) is 17.5 Å². The van der Waals surface area contributed by atoms with Crippen LogP contribution in [-0.4, -0.2) is 54.5 Å². The van der Waals surface area contributed by atoms with Crippen LogP contribution in [0.25, 0.3) is 0 Å². The number of rotatable bonds is 8. The van der Waals surface area contributed by atoms with Gasteiger partial charge in [0.1, 0.15) is 13.2 Å². The Labute approximate surface area is 201 Å². The number of amides is 2. The van der Waals surface area contributed by atoms with Crippen LogP contribution >= 0.6 is 22.7 Å². The minimum Gasteiger partial charge on any atom is -0.493 e. The number of nitrogens with zero attached hydrogens (tertiary/aromatic N) is 2. The number of carbonyl (C=O) groups is 2. The maximum absolute atomic E-state index is 13.5. The highest BCUT2D eigenvalue weighted by atomic mass is 32.1. The molecule has 0 spiro atoms. The summed E-state index contributed by atoms with van der Waals surface area (Å²) in [5.74, 6) is 1.24. The molecular weight excluding hydrogens is 456 g/mol. The lowest BCUT2D eigenvalue weighted by molar-refractivity contribution is -0.135. The van der Waals surface area contributed by atoms with Crippen LogP contribution in [0.4, 0.5) is 0 Å². The third-order valence-electron chi connectivity index (χ3n) is 6.17. The molecule has 1 fully saturated rings. The lowest BCUT2D eigenvalue weighted by Gasteiger charge is -2.37. The average Bonchev–Trinajstić information content (AvgIpc) is 3.32. The molecule has 0 N–H and O–H groups in total. The number of fused-ring (bicyclic) bond motifs is 1. The predicted octanol–water partition coefficient (Wildman–Crippen LogP) is 4.63. The normalized spacial score (nSPS) is 17.4. The van der Waals surface area contributed by atoms with Crippen molar-refractivity contribution in [2.45, 2.75) is 31.3 Å². The molecule has 33 heavy (non-hydrogen) atoms. The van der Waals surface area contributed by atoms with Gasteiger partial charge in [-0.05, 0) is 59.9 Å². The highest BCUT2D eigenvalue weighted by Crippen LogP contribution is 2.36. The number of ether oxygens (including phenoxy) is 2. The fourth-order valence-electron chi connectivity index (χ4n) is 4.31. The molecule has 8 heteroatoms. The van der Waals surface area contributed by atoms with Crippen molar-refractivity contribution < 1.29 is 19.1 Å². The van der Waals surface area contributed by atoms with Crippen molar-refractivity contribution in [2.75, 3.05) is 26.8 Å². The zero-order valence-electron chi connectivity index (χ0n) is 18.4. The highest BCUT2D eigenvalue weighted by Gasteiger charge is 2.38. The molecule has 0 radical (unpaired) electrons. The Morgan fingerprint density at radius 2 is 1.88 bits per heavy atom. The van der Waals surface area contributed by atoms with Crippen molar-refractivity contribution in [1.82, 2.24) is 9.80 Å². The van der Waals surface area contributed by atoms with E-state index in [2.05, 4.69) is 11.4 Å². The molecule has 1 aliphatic heterocycles. The molecule has 172 valence electrons. The molecular formula is C25H26N2O4S2. The summed E-state index contributed by atoms with van der Waals surface area (Å²) in [5.41, 5.74) is 1.14. The summed E-state index contributed by atoms with van der Waals surface area (Å²) >= 11 is 3.15. The van der Waals surface area contributed by atoms with Gasteiger partial charge in [-0.25, -0.2) is 0 Å². The van der Waals surface area contributed by atoms with E-state index >= 15 is 0 Å². The molecule has 3 aromatic rings. The summed E-state index contributed by atoms with van der Waals surface area (Å²) in [4.78, 5) is 32.2. The third kappa shape index (κ3) is 4.63. The second-order valence-electron chi connectivity index (χ2n) is 8.26. The van der Waals surface area contributed by atoms with Gasteiger partial charge in [0.15, 0.2) is 11.5 Å². The molecule has 1 saturated carbocycles. The van der Waals surface area contributed by atoms with E-state index in [1.54, 1.807) is 23.3 Å². The molecule has 2 amide bonds. The smallest absolute Gasteiger partial charge is 0.264 e. The van der Waals surface area contributed by atoms with Gasteiger partial charge in [-0.1, -0.05) is 18.2 Å². The van der Waals surface area contributed by atoms with E-state index in [9.17, 15) is 9.59 Å². The van der Waals surface area contributed by atoms with Crippen molar-refractivity contribution >= 4 is 34.5 Å². The fraction of sp³-hybridized carbons (Fsp3) is 0.360. The number of benzene rings is 1. The summed E-state index contributed by atoms with van der Waals surface area (Å²) in [6.45, 7) is 1.06. The monoisotopic (exact) mass is 482 g/mol. The first-order chi connectivity index (χ1) is 16.2. The molecule has 1 unspecified atom stereocenters. The maximum Gasteiger partial charge on any atom is 0.264 e. The van der Waals surface area contributed by atoms with Crippen LogP contribution in [0.1, 0.15) is 39.0 Å². The van der Waals surface area contributed by atoms with Gasteiger partial charge >= 0.3 is 0 Å². The number of hydrogen-bond donors (Lipinski definition) is 0. The first-order valence-electron chi connectivity index (χ1n) is 11.1. The number of thiophene rings is 2. The van der Waals surface area contributed by atoms with E-state index in [0.717, 1.165) is 24.8 Å². The van der Waals surface area contributed by atoms with Crippen molar-refractivity contribution in [3.05, 3.63) is 68.5 Å². The van der Waals surface area contributed by atoms with Gasteiger partial charge in [-0.2, -0.15) is 0 Å². The maximum atomic E-state index is 13.5. The van der Waals surface area contributed by atoms with E-state index in [1.807, 2.05) is 46.7 Å². The number of hydrogen-bond acceptors (Lipinski definition) is 6. The highest BCUT2D eigenvalue weighted by molar-refractivity contribution is 7.12. The Morgan fingerprint density at radius 1 is 1.06 bits per heavy atom. The van der Waals surface area contributed by atoms with E-state index in [-0.39, 0.29) is 30.4 Å². The zero-order valence-corrected chi connectivity index (χ0v) is 20.1. The molecule has 0 bridgehead atoms. The summed E-state index contributed by atoms with van der Waals surface area (Å²) in [5, 5.41) is 3.97. The quantitative estimate of drug-likeness (QED) is 0.470. The van der Waals surface area contributed by atoms with Crippen LogP contribution in [0.3, 0.4) is 0 Å². The molecule has 1 aromatic carbocycles. The van der Waals surface area contributed by atoms with Crippen molar-refractivity contribution in [3.63, 3.8) is 0 Å². The molecule has 0 saturated heterocycles. The van der Waals surface area contributed by atoms with Crippen LogP contribution in [0.2, 0.25) is 0 Å². The van der Waals surface area contributed by atoms with Crippen LogP contribution in [0.15, 0.2) is 53.2 Å². The number of carbonyl (C=O) groups excluding carboxylic acids is 2. The Bertz CT molecular complexity index is 1120. The first-order valence-corrected chi connectivity index (χ1v) is 12.9. The van der Waals surface area contributed by atoms with Crippen LogP contribution in [0, 0.1) is 0 Å². The average molecular weight is 483 g/mol. The van der Waals surface area contributed by atoms with Gasteiger partial charge in [0.25, 0.3) is 5.91 Å².